The number of benzene rings is 2. The number of rotatable bonds is 4. The van der Waals surface area contributed by atoms with Crippen LogP contribution in [0.2, 0.25) is 10.0 Å². The van der Waals surface area contributed by atoms with Gasteiger partial charge in [-0.3, -0.25) is 0 Å². The molecule has 0 spiro atoms. The summed E-state index contributed by atoms with van der Waals surface area (Å²) in [5.74, 6) is 0. The normalized spacial score (nSPS) is 11.4. The Morgan fingerprint density at radius 3 is 2.54 bits per heavy atom. The number of aliphatic hydroxyl groups is 1. The predicted molar refractivity (Wildman–Crippen MR) is 102 cm³/mol. The summed E-state index contributed by atoms with van der Waals surface area (Å²) in [5, 5.41) is 11.9. The van der Waals surface area contributed by atoms with Crippen molar-refractivity contribution in [1.82, 2.24) is 4.57 Å². The Labute approximate surface area is 152 Å². The molecule has 0 saturated carbocycles. The first-order valence-corrected chi connectivity index (χ1v) is 8.86. The van der Waals surface area contributed by atoms with Crippen LogP contribution in [0.4, 0.5) is 0 Å². The monoisotopic (exact) mass is 361 g/mol. The van der Waals surface area contributed by atoms with Gasteiger partial charge in [-0.25, -0.2) is 0 Å². The second-order valence-electron chi connectivity index (χ2n) is 6.23. The number of aliphatic hydroxyl groups excluding tert-OH is 1. The summed E-state index contributed by atoms with van der Waals surface area (Å²) in [6, 6.07) is 10.3. The van der Waals surface area contributed by atoms with Gasteiger partial charge in [0.2, 0.25) is 0 Å². The summed E-state index contributed by atoms with van der Waals surface area (Å²) in [7, 11) is 2.08. The smallest absolute Gasteiger partial charge is 0.0696 e. The van der Waals surface area contributed by atoms with Crippen LogP contribution in [0.3, 0.4) is 0 Å². The van der Waals surface area contributed by atoms with Crippen LogP contribution in [0.25, 0.3) is 10.9 Å². The lowest BCUT2D eigenvalue weighted by molar-refractivity contribution is 0.282. The molecule has 0 atom stereocenters. The van der Waals surface area contributed by atoms with E-state index in [4.69, 9.17) is 23.2 Å². The number of aromatic nitrogens is 1. The lowest BCUT2D eigenvalue weighted by atomic mass is 10.0. The van der Waals surface area contributed by atoms with Gasteiger partial charge >= 0.3 is 0 Å². The predicted octanol–water partition coefficient (Wildman–Crippen LogP) is 5.44. The number of hydrogen-bond donors (Lipinski definition) is 1. The van der Waals surface area contributed by atoms with Crippen molar-refractivity contribution < 1.29 is 5.11 Å². The van der Waals surface area contributed by atoms with E-state index in [0.29, 0.717) is 22.0 Å². The van der Waals surface area contributed by atoms with Gasteiger partial charge in [0, 0.05) is 35.1 Å². The van der Waals surface area contributed by atoms with Gasteiger partial charge in [-0.2, -0.15) is 0 Å². The maximum Gasteiger partial charge on any atom is 0.0696 e. The van der Waals surface area contributed by atoms with Crippen LogP contribution in [-0.4, -0.2) is 9.67 Å². The molecule has 0 fully saturated rings. The molecule has 2 aromatic carbocycles. The van der Waals surface area contributed by atoms with Crippen LogP contribution >= 0.6 is 23.2 Å². The fourth-order valence-corrected chi connectivity index (χ4v) is 3.79. The van der Waals surface area contributed by atoms with E-state index in [-0.39, 0.29) is 6.61 Å². The van der Waals surface area contributed by atoms with Gasteiger partial charge < -0.3 is 9.67 Å². The van der Waals surface area contributed by atoms with Crippen molar-refractivity contribution in [2.75, 3.05) is 0 Å². The summed E-state index contributed by atoms with van der Waals surface area (Å²) in [6.07, 6.45) is 1.66. The van der Waals surface area contributed by atoms with E-state index in [2.05, 4.69) is 43.7 Å². The number of hydrogen-bond acceptors (Lipinski definition) is 1. The summed E-state index contributed by atoms with van der Waals surface area (Å²) in [4.78, 5) is 0. The molecule has 1 aromatic heterocycles. The first-order chi connectivity index (χ1) is 11.5. The number of halogens is 2. The van der Waals surface area contributed by atoms with Crippen LogP contribution in [0.5, 0.6) is 0 Å². The fraction of sp³-hybridized carbons (Fsp3) is 0.300. The molecule has 0 radical (unpaired) electrons. The van der Waals surface area contributed by atoms with Gasteiger partial charge in [-0.1, -0.05) is 42.3 Å². The van der Waals surface area contributed by atoms with Gasteiger partial charge in [0.05, 0.1) is 11.6 Å². The molecule has 0 unspecified atom stereocenters. The van der Waals surface area contributed by atoms with Gasteiger partial charge in [0.15, 0.2) is 0 Å². The molecule has 0 aliphatic carbocycles. The number of fused-ring (bicyclic) bond motifs is 1. The molecule has 126 valence electrons. The zero-order chi connectivity index (χ0) is 17.4. The average molecular weight is 362 g/mol. The maximum atomic E-state index is 9.43. The molecule has 0 amide bonds. The van der Waals surface area contributed by atoms with Crippen LogP contribution < -0.4 is 0 Å². The number of aryl methyl sites for hydroxylation is 3. The molecule has 0 aliphatic heterocycles. The highest BCUT2D eigenvalue weighted by Gasteiger charge is 2.15. The lowest BCUT2D eigenvalue weighted by Gasteiger charge is -2.11. The Morgan fingerprint density at radius 2 is 1.88 bits per heavy atom. The summed E-state index contributed by atoms with van der Waals surface area (Å²) < 4.78 is 2.21. The second-order valence-corrected chi connectivity index (χ2v) is 7.01. The molecule has 1 heterocycles. The largest absolute Gasteiger partial charge is 0.392 e. The first kappa shape index (κ1) is 17.3. The van der Waals surface area contributed by atoms with E-state index in [0.717, 1.165) is 17.7 Å². The maximum absolute atomic E-state index is 9.43. The quantitative estimate of drug-likeness (QED) is 0.657. The molecule has 1 N–H and O–H groups in total. The van der Waals surface area contributed by atoms with Gasteiger partial charge in [0.1, 0.15) is 0 Å². The van der Waals surface area contributed by atoms with E-state index >= 15 is 0 Å². The fourth-order valence-electron chi connectivity index (χ4n) is 3.22. The van der Waals surface area contributed by atoms with Crippen molar-refractivity contribution in [3.8, 4) is 0 Å². The summed E-state index contributed by atoms with van der Waals surface area (Å²) >= 11 is 12.8. The van der Waals surface area contributed by atoms with Crippen LogP contribution in [0.1, 0.15) is 34.9 Å². The van der Waals surface area contributed by atoms with Gasteiger partial charge in [0.25, 0.3) is 0 Å². The highest BCUT2D eigenvalue weighted by atomic mass is 35.5. The summed E-state index contributed by atoms with van der Waals surface area (Å²) in [6.45, 7) is 4.24. The van der Waals surface area contributed by atoms with Gasteiger partial charge in [-0.15, -0.1) is 0 Å². The number of nitrogens with zero attached hydrogens (tertiary/aromatic N) is 1. The van der Waals surface area contributed by atoms with E-state index in [1.807, 2.05) is 0 Å². The Balaban J connectivity index is 2.12. The minimum atomic E-state index is -0.0862. The van der Waals surface area contributed by atoms with Gasteiger partial charge in [-0.05, 0) is 53.8 Å². The SMILES string of the molecule is CCc1cc(C)c2cc(Cc3c(Cl)ccc(CO)c3Cl)n(C)c2c1. The molecular weight excluding hydrogens is 341 g/mol. The highest BCUT2D eigenvalue weighted by molar-refractivity contribution is 6.36. The summed E-state index contributed by atoms with van der Waals surface area (Å²) in [5.41, 5.74) is 6.58. The Morgan fingerprint density at radius 1 is 1.12 bits per heavy atom. The average Bonchev–Trinajstić information content (AvgIpc) is 2.88. The molecule has 24 heavy (non-hydrogen) atoms. The standard InChI is InChI=1S/C20H21Cl2NO/c1-4-13-7-12(2)16-9-15(23(3)19(16)8-13)10-17-18(21)6-5-14(11-24)20(17)22/h5-9,24H,4,10-11H2,1-3H3. The van der Waals surface area contributed by atoms with E-state index in [9.17, 15) is 5.11 Å². The third-order valence-electron chi connectivity index (χ3n) is 4.73. The van der Waals surface area contributed by atoms with E-state index in [1.54, 1.807) is 12.1 Å². The van der Waals surface area contributed by atoms with E-state index in [1.165, 1.54) is 22.0 Å². The molecule has 2 nitrogen and oxygen atoms in total. The molecule has 0 bridgehead atoms. The van der Waals surface area contributed by atoms with Crippen molar-refractivity contribution in [2.45, 2.75) is 33.3 Å². The van der Waals surface area contributed by atoms with Crippen LogP contribution in [0.15, 0.2) is 30.3 Å². The molecule has 3 aromatic rings. The minimum absolute atomic E-state index is 0.0862. The third kappa shape index (κ3) is 2.95. The highest BCUT2D eigenvalue weighted by Crippen LogP contribution is 2.32. The first-order valence-electron chi connectivity index (χ1n) is 8.10. The van der Waals surface area contributed by atoms with Crippen LogP contribution in [0, 0.1) is 6.92 Å². The Kier molecular flexibility index (Phi) is 4.91. The van der Waals surface area contributed by atoms with Crippen molar-refractivity contribution in [3.05, 3.63) is 68.3 Å². The Hall–Kier alpha value is -1.48. The molecule has 4 heteroatoms. The Bertz CT molecular complexity index is 912. The lowest BCUT2D eigenvalue weighted by Crippen LogP contribution is -2.00. The molecule has 0 aliphatic rings. The van der Waals surface area contributed by atoms with Crippen molar-refractivity contribution in [3.63, 3.8) is 0 Å². The van der Waals surface area contributed by atoms with E-state index < -0.39 is 0 Å². The topological polar surface area (TPSA) is 25.2 Å². The third-order valence-corrected chi connectivity index (χ3v) is 5.56. The van der Waals surface area contributed by atoms with Crippen molar-refractivity contribution in [2.24, 2.45) is 7.05 Å². The second kappa shape index (κ2) is 6.79. The molecular formula is C20H21Cl2NO. The zero-order valence-electron chi connectivity index (χ0n) is 14.2. The van der Waals surface area contributed by atoms with Crippen molar-refractivity contribution in [1.29, 1.82) is 0 Å². The van der Waals surface area contributed by atoms with Crippen LogP contribution in [-0.2, 0) is 26.5 Å². The zero-order valence-corrected chi connectivity index (χ0v) is 15.7. The molecule has 3 rings (SSSR count). The minimum Gasteiger partial charge on any atom is -0.392 e. The van der Waals surface area contributed by atoms with Crippen molar-refractivity contribution >= 4 is 34.1 Å². The molecule has 0 saturated heterocycles.